The van der Waals surface area contributed by atoms with Crippen molar-refractivity contribution in [3.05, 3.63) is 22.4 Å². The number of hydrogen-bond acceptors (Lipinski definition) is 3. The van der Waals surface area contributed by atoms with Crippen LogP contribution < -0.4 is 5.32 Å². The van der Waals surface area contributed by atoms with Gasteiger partial charge in [-0.3, -0.25) is 4.99 Å². The summed E-state index contributed by atoms with van der Waals surface area (Å²) in [5, 5.41) is 5.45. The van der Waals surface area contributed by atoms with Gasteiger partial charge in [0.1, 0.15) is 0 Å². The number of unbranched alkanes of at least 4 members (excludes halogenated alkanes) is 1. The topological polar surface area (TPSA) is 36.9 Å². The van der Waals surface area contributed by atoms with Crippen LogP contribution in [0.2, 0.25) is 0 Å². The lowest BCUT2D eigenvalue weighted by atomic mass is 10.3. The predicted molar refractivity (Wildman–Crippen MR) is 103 cm³/mol. The SMILES string of the molecule is CCCCOCCNC(=NC)N(C)CCc1cccs1.I. The normalized spacial score (nSPS) is 11.1. The summed E-state index contributed by atoms with van der Waals surface area (Å²) in [7, 11) is 3.89. The minimum atomic E-state index is 0. The molecule has 0 radical (unpaired) electrons. The molecule has 0 amide bonds. The highest BCUT2D eigenvalue weighted by atomic mass is 127. The molecule has 122 valence electrons. The Labute approximate surface area is 150 Å². The summed E-state index contributed by atoms with van der Waals surface area (Å²) in [5.41, 5.74) is 0. The molecule has 0 unspecified atom stereocenters. The van der Waals surface area contributed by atoms with Gasteiger partial charge in [-0.2, -0.15) is 0 Å². The smallest absolute Gasteiger partial charge is 0.193 e. The summed E-state index contributed by atoms with van der Waals surface area (Å²) < 4.78 is 5.53. The first-order valence-corrected chi connectivity index (χ1v) is 8.17. The Bertz CT molecular complexity index is 371. The number of nitrogens with one attached hydrogen (secondary N) is 1. The Morgan fingerprint density at radius 1 is 1.43 bits per heavy atom. The van der Waals surface area contributed by atoms with Gasteiger partial charge in [0, 0.05) is 38.7 Å². The number of rotatable bonds is 9. The molecule has 1 aromatic rings. The summed E-state index contributed by atoms with van der Waals surface area (Å²) in [6.45, 7) is 5.53. The third-order valence-electron chi connectivity index (χ3n) is 3.02. The van der Waals surface area contributed by atoms with Crippen LogP contribution in [0.25, 0.3) is 0 Å². The van der Waals surface area contributed by atoms with Crippen molar-refractivity contribution >= 4 is 41.3 Å². The highest BCUT2D eigenvalue weighted by Gasteiger charge is 2.05. The second kappa shape index (κ2) is 13.3. The molecule has 6 heteroatoms. The van der Waals surface area contributed by atoms with Crippen LogP contribution in [-0.2, 0) is 11.2 Å². The summed E-state index contributed by atoms with van der Waals surface area (Å²) in [6.07, 6.45) is 3.37. The van der Waals surface area contributed by atoms with Gasteiger partial charge in [0.2, 0.25) is 0 Å². The van der Waals surface area contributed by atoms with Crippen LogP contribution in [0.5, 0.6) is 0 Å². The molecule has 0 aliphatic carbocycles. The third-order valence-corrected chi connectivity index (χ3v) is 3.96. The van der Waals surface area contributed by atoms with Crippen molar-refractivity contribution in [2.75, 3.05) is 40.4 Å². The fourth-order valence-corrected chi connectivity index (χ4v) is 2.51. The highest BCUT2D eigenvalue weighted by molar-refractivity contribution is 14.0. The van der Waals surface area contributed by atoms with E-state index in [2.05, 4.69) is 46.7 Å². The molecular weight excluding hydrogens is 397 g/mol. The number of hydrogen-bond donors (Lipinski definition) is 1. The van der Waals surface area contributed by atoms with E-state index in [1.54, 1.807) is 11.3 Å². The molecule has 1 heterocycles. The lowest BCUT2D eigenvalue weighted by molar-refractivity contribution is 0.135. The van der Waals surface area contributed by atoms with Crippen LogP contribution in [0, 0.1) is 0 Å². The number of halogens is 1. The Kier molecular flexibility index (Phi) is 13.1. The van der Waals surface area contributed by atoms with Crippen LogP contribution in [0.4, 0.5) is 0 Å². The van der Waals surface area contributed by atoms with Crippen molar-refractivity contribution in [3.8, 4) is 0 Å². The fraction of sp³-hybridized carbons (Fsp3) is 0.667. The Hall–Kier alpha value is -0.340. The van der Waals surface area contributed by atoms with Gasteiger partial charge in [0.15, 0.2) is 5.96 Å². The minimum absolute atomic E-state index is 0. The monoisotopic (exact) mass is 425 g/mol. The van der Waals surface area contributed by atoms with E-state index in [0.717, 1.165) is 45.1 Å². The third kappa shape index (κ3) is 9.31. The van der Waals surface area contributed by atoms with Crippen LogP contribution >= 0.6 is 35.3 Å². The Balaban J connectivity index is 0.00000400. The quantitative estimate of drug-likeness (QED) is 0.286. The molecule has 0 aliphatic rings. The maximum absolute atomic E-state index is 5.53. The van der Waals surface area contributed by atoms with E-state index < -0.39 is 0 Å². The number of likely N-dealkylation sites (N-methyl/N-ethyl adjacent to an activating group) is 1. The maximum atomic E-state index is 5.53. The molecule has 0 saturated carbocycles. The van der Waals surface area contributed by atoms with Gasteiger partial charge in [0.25, 0.3) is 0 Å². The van der Waals surface area contributed by atoms with E-state index in [0.29, 0.717) is 0 Å². The molecule has 0 aliphatic heterocycles. The van der Waals surface area contributed by atoms with Gasteiger partial charge in [-0.1, -0.05) is 19.4 Å². The van der Waals surface area contributed by atoms with Gasteiger partial charge >= 0.3 is 0 Å². The molecule has 1 N–H and O–H groups in total. The molecule has 0 aromatic carbocycles. The van der Waals surface area contributed by atoms with Gasteiger partial charge < -0.3 is 15.0 Å². The summed E-state index contributed by atoms with van der Waals surface area (Å²) >= 11 is 1.81. The first-order chi connectivity index (χ1) is 9.77. The van der Waals surface area contributed by atoms with Gasteiger partial charge in [-0.05, 0) is 24.3 Å². The second-order valence-corrected chi connectivity index (χ2v) is 5.72. The number of nitrogens with zero attached hydrogens (tertiary/aromatic N) is 2. The molecular formula is C15H28IN3OS. The van der Waals surface area contributed by atoms with Crippen LogP contribution in [0.15, 0.2) is 22.5 Å². The van der Waals surface area contributed by atoms with Crippen LogP contribution in [0.3, 0.4) is 0 Å². The van der Waals surface area contributed by atoms with Crippen molar-refractivity contribution in [2.24, 2.45) is 4.99 Å². The molecule has 0 saturated heterocycles. The zero-order chi connectivity index (χ0) is 14.6. The average molecular weight is 425 g/mol. The lowest BCUT2D eigenvalue weighted by Crippen LogP contribution is -2.41. The van der Waals surface area contributed by atoms with E-state index in [9.17, 15) is 0 Å². The molecule has 1 rings (SSSR count). The van der Waals surface area contributed by atoms with Crippen LogP contribution in [0.1, 0.15) is 24.6 Å². The maximum Gasteiger partial charge on any atom is 0.193 e. The predicted octanol–water partition coefficient (Wildman–Crippen LogP) is 3.23. The zero-order valence-electron chi connectivity index (χ0n) is 13.3. The Morgan fingerprint density at radius 3 is 2.86 bits per heavy atom. The Morgan fingerprint density at radius 2 is 2.24 bits per heavy atom. The highest BCUT2D eigenvalue weighted by Crippen LogP contribution is 2.09. The first-order valence-electron chi connectivity index (χ1n) is 7.29. The molecule has 0 bridgehead atoms. The molecule has 0 atom stereocenters. The summed E-state index contributed by atoms with van der Waals surface area (Å²) in [4.78, 5) is 7.87. The number of thiophene rings is 1. The largest absolute Gasteiger partial charge is 0.380 e. The molecule has 4 nitrogen and oxygen atoms in total. The molecule has 0 fully saturated rings. The number of aliphatic imine (C=N–C) groups is 1. The minimum Gasteiger partial charge on any atom is -0.380 e. The van der Waals surface area contributed by atoms with Crippen LogP contribution in [-0.4, -0.2) is 51.3 Å². The second-order valence-electron chi connectivity index (χ2n) is 4.69. The fourth-order valence-electron chi connectivity index (χ4n) is 1.81. The lowest BCUT2D eigenvalue weighted by Gasteiger charge is -2.21. The van der Waals surface area contributed by atoms with Gasteiger partial charge in [-0.25, -0.2) is 0 Å². The van der Waals surface area contributed by atoms with Gasteiger partial charge in [0.05, 0.1) is 6.61 Å². The van der Waals surface area contributed by atoms with E-state index >= 15 is 0 Å². The van der Waals surface area contributed by atoms with Crippen molar-refractivity contribution in [1.29, 1.82) is 0 Å². The summed E-state index contributed by atoms with van der Waals surface area (Å²) in [6, 6.07) is 4.27. The van der Waals surface area contributed by atoms with Crippen molar-refractivity contribution in [1.82, 2.24) is 10.2 Å². The van der Waals surface area contributed by atoms with E-state index in [1.165, 1.54) is 11.3 Å². The molecule has 1 aromatic heterocycles. The number of ether oxygens (including phenoxy) is 1. The standard InChI is InChI=1S/C15H27N3OS.HI/c1-4-5-11-19-12-9-17-15(16-2)18(3)10-8-14-7-6-13-20-14;/h6-7,13H,4-5,8-12H2,1-3H3,(H,16,17);1H. The molecule has 0 spiro atoms. The zero-order valence-corrected chi connectivity index (χ0v) is 16.4. The average Bonchev–Trinajstić information content (AvgIpc) is 2.97. The summed E-state index contributed by atoms with van der Waals surface area (Å²) in [5.74, 6) is 0.931. The first kappa shape index (κ1) is 20.7. The van der Waals surface area contributed by atoms with E-state index in [-0.39, 0.29) is 24.0 Å². The van der Waals surface area contributed by atoms with Crippen molar-refractivity contribution in [3.63, 3.8) is 0 Å². The number of guanidine groups is 1. The van der Waals surface area contributed by atoms with E-state index in [1.807, 2.05) is 7.05 Å². The molecule has 21 heavy (non-hydrogen) atoms. The van der Waals surface area contributed by atoms with Gasteiger partial charge in [-0.15, -0.1) is 35.3 Å². The van der Waals surface area contributed by atoms with Crippen molar-refractivity contribution < 1.29 is 4.74 Å². The van der Waals surface area contributed by atoms with E-state index in [4.69, 9.17) is 4.74 Å². The van der Waals surface area contributed by atoms with Crippen molar-refractivity contribution in [2.45, 2.75) is 26.2 Å².